The fourth-order valence-electron chi connectivity index (χ4n) is 2.79. The van der Waals surface area contributed by atoms with E-state index < -0.39 is 5.91 Å². The number of amides is 1. The highest BCUT2D eigenvalue weighted by molar-refractivity contribution is 5.92. The summed E-state index contributed by atoms with van der Waals surface area (Å²) in [4.78, 5) is 13.2. The highest BCUT2D eigenvalue weighted by Crippen LogP contribution is 2.23. The number of likely N-dealkylation sites (N-methyl/N-ethyl adjacent to an activating group) is 1. The molecule has 4 heteroatoms. The van der Waals surface area contributed by atoms with E-state index in [1.807, 2.05) is 19.2 Å². The predicted molar refractivity (Wildman–Crippen MR) is 74.7 cm³/mol. The molecule has 1 aromatic rings. The van der Waals surface area contributed by atoms with E-state index in [-0.39, 0.29) is 12.1 Å². The van der Waals surface area contributed by atoms with Crippen molar-refractivity contribution in [1.82, 2.24) is 4.90 Å². The zero-order chi connectivity index (χ0) is 13.8. The summed E-state index contributed by atoms with van der Waals surface area (Å²) in [6, 6.07) is 7.59. The van der Waals surface area contributed by atoms with Crippen molar-refractivity contribution in [2.75, 3.05) is 7.05 Å². The van der Waals surface area contributed by atoms with Gasteiger partial charge in [0, 0.05) is 18.2 Å². The van der Waals surface area contributed by atoms with Crippen molar-refractivity contribution in [3.63, 3.8) is 0 Å². The van der Waals surface area contributed by atoms with Crippen molar-refractivity contribution in [2.24, 2.45) is 5.73 Å². The molecule has 1 saturated carbocycles. The van der Waals surface area contributed by atoms with Gasteiger partial charge in [0.25, 0.3) is 0 Å². The SMILES string of the molecule is CN(Cc1ccc(C(N)=O)cc1)C1CCCCC1O. The summed E-state index contributed by atoms with van der Waals surface area (Å²) in [6.45, 7) is 0.779. The van der Waals surface area contributed by atoms with Gasteiger partial charge in [0.2, 0.25) is 5.91 Å². The van der Waals surface area contributed by atoms with Gasteiger partial charge in [0.05, 0.1) is 6.10 Å². The van der Waals surface area contributed by atoms with E-state index in [1.54, 1.807) is 12.1 Å². The van der Waals surface area contributed by atoms with Gasteiger partial charge in [-0.3, -0.25) is 9.69 Å². The molecule has 4 nitrogen and oxygen atoms in total. The predicted octanol–water partition coefficient (Wildman–Crippen LogP) is 1.52. The zero-order valence-corrected chi connectivity index (χ0v) is 11.4. The molecule has 3 N–H and O–H groups in total. The fraction of sp³-hybridized carbons (Fsp3) is 0.533. The van der Waals surface area contributed by atoms with Crippen LogP contribution in [-0.2, 0) is 6.54 Å². The van der Waals surface area contributed by atoms with Crippen LogP contribution in [0.5, 0.6) is 0 Å². The van der Waals surface area contributed by atoms with Crippen LogP contribution >= 0.6 is 0 Å². The Morgan fingerprint density at radius 2 is 1.95 bits per heavy atom. The Bertz CT molecular complexity index is 430. The number of rotatable bonds is 4. The maximum Gasteiger partial charge on any atom is 0.248 e. The van der Waals surface area contributed by atoms with Crippen LogP contribution < -0.4 is 5.73 Å². The topological polar surface area (TPSA) is 66.6 Å². The summed E-state index contributed by atoms with van der Waals surface area (Å²) in [5.41, 5.74) is 6.88. The Morgan fingerprint density at radius 1 is 1.32 bits per heavy atom. The molecule has 0 aliphatic heterocycles. The number of aliphatic hydroxyl groups excluding tert-OH is 1. The standard InChI is InChI=1S/C15H22N2O2/c1-17(13-4-2-3-5-14(13)18)10-11-6-8-12(9-7-11)15(16)19/h6-9,13-14,18H,2-5,10H2,1H3,(H2,16,19). The molecule has 2 unspecified atom stereocenters. The molecule has 2 rings (SSSR count). The van der Waals surface area contributed by atoms with Crippen LogP contribution in [0.4, 0.5) is 0 Å². The van der Waals surface area contributed by atoms with Gasteiger partial charge in [-0.05, 0) is 37.6 Å². The van der Waals surface area contributed by atoms with Gasteiger partial charge in [-0.15, -0.1) is 0 Å². The lowest BCUT2D eigenvalue weighted by atomic mass is 9.91. The van der Waals surface area contributed by atoms with Crippen LogP contribution in [0, 0.1) is 0 Å². The molecule has 0 radical (unpaired) electrons. The number of aliphatic hydroxyl groups is 1. The molecule has 104 valence electrons. The van der Waals surface area contributed by atoms with Crippen molar-refractivity contribution < 1.29 is 9.90 Å². The largest absolute Gasteiger partial charge is 0.391 e. The monoisotopic (exact) mass is 262 g/mol. The molecule has 1 amide bonds. The van der Waals surface area contributed by atoms with Crippen molar-refractivity contribution in [1.29, 1.82) is 0 Å². The van der Waals surface area contributed by atoms with Crippen LogP contribution in [0.3, 0.4) is 0 Å². The lowest BCUT2D eigenvalue weighted by Gasteiger charge is -2.35. The minimum atomic E-state index is -0.400. The molecule has 1 fully saturated rings. The molecular weight excluding hydrogens is 240 g/mol. The van der Waals surface area contributed by atoms with Gasteiger partial charge in [0.15, 0.2) is 0 Å². The second kappa shape index (κ2) is 6.17. The van der Waals surface area contributed by atoms with E-state index in [4.69, 9.17) is 5.73 Å². The summed E-state index contributed by atoms with van der Waals surface area (Å²) in [7, 11) is 2.04. The molecule has 19 heavy (non-hydrogen) atoms. The number of benzene rings is 1. The molecule has 0 bridgehead atoms. The lowest BCUT2D eigenvalue weighted by molar-refractivity contribution is 0.0288. The third-order valence-corrected chi connectivity index (χ3v) is 3.93. The van der Waals surface area contributed by atoms with Crippen LogP contribution in [0.25, 0.3) is 0 Å². The summed E-state index contributed by atoms with van der Waals surface area (Å²) < 4.78 is 0. The molecule has 1 aromatic carbocycles. The van der Waals surface area contributed by atoms with Crippen LogP contribution in [0.1, 0.15) is 41.6 Å². The molecule has 2 atom stereocenters. The molecule has 0 spiro atoms. The van der Waals surface area contributed by atoms with E-state index in [0.717, 1.165) is 31.4 Å². The van der Waals surface area contributed by atoms with Gasteiger partial charge >= 0.3 is 0 Å². The smallest absolute Gasteiger partial charge is 0.248 e. The first-order valence-electron chi connectivity index (χ1n) is 6.85. The quantitative estimate of drug-likeness (QED) is 0.864. The molecule has 1 aliphatic rings. The Balaban J connectivity index is 1.97. The van der Waals surface area contributed by atoms with E-state index in [2.05, 4.69) is 4.90 Å². The molecule has 1 aliphatic carbocycles. The Labute approximate surface area is 114 Å². The van der Waals surface area contributed by atoms with Crippen molar-refractivity contribution >= 4 is 5.91 Å². The molecule has 0 aromatic heterocycles. The number of hydrogen-bond donors (Lipinski definition) is 2. The number of nitrogens with two attached hydrogens (primary N) is 1. The fourth-order valence-corrected chi connectivity index (χ4v) is 2.79. The molecule has 0 saturated heterocycles. The second-order valence-corrected chi connectivity index (χ2v) is 5.40. The maximum absolute atomic E-state index is 11.0. The Hall–Kier alpha value is -1.39. The third kappa shape index (κ3) is 3.55. The van der Waals surface area contributed by atoms with Crippen molar-refractivity contribution in [2.45, 2.75) is 44.4 Å². The zero-order valence-electron chi connectivity index (χ0n) is 11.4. The highest BCUT2D eigenvalue weighted by atomic mass is 16.3. The second-order valence-electron chi connectivity index (χ2n) is 5.40. The van der Waals surface area contributed by atoms with Gasteiger partial charge < -0.3 is 10.8 Å². The van der Waals surface area contributed by atoms with Crippen molar-refractivity contribution in [3.05, 3.63) is 35.4 Å². The number of primary amides is 1. The Kier molecular flexibility index (Phi) is 4.56. The minimum absolute atomic E-state index is 0.219. The summed E-state index contributed by atoms with van der Waals surface area (Å²) >= 11 is 0. The first kappa shape index (κ1) is 14.0. The van der Waals surface area contributed by atoms with Gasteiger partial charge in [-0.1, -0.05) is 25.0 Å². The lowest BCUT2D eigenvalue weighted by Crippen LogP contribution is -2.42. The first-order valence-corrected chi connectivity index (χ1v) is 6.85. The van der Waals surface area contributed by atoms with Crippen LogP contribution in [0.15, 0.2) is 24.3 Å². The summed E-state index contributed by atoms with van der Waals surface area (Å²) in [5.74, 6) is -0.400. The maximum atomic E-state index is 11.0. The Morgan fingerprint density at radius 3 is 2.53 bits per heavy atom. The van der Waals surface area contributed by atoms with Crippen molar-refractivity contribution in [3.8, 4) is 0 Å². The average molecular weight is 262 g/mol. The molecule has 0 heterocycles. The number of carbonyl (C=O) groups excluding carboxylic acids is 1. The summed E-state index contributed by atoms with van der Waals surface area (Å²) in [6.07, 6.45) is 4.04. The van der Waals surface area contributed by atoms with E-state index in [1.165, 1.54) is 6.42 Å². The number of hydrogen-bond acceptors (Lipinski definition) is 3. The van der Waals surface area contributed by atoms with E-state index in [9.17, 15) is 9.90 Å². The summed E-state index contributed by atoms with van der Waals surface area (Å²) in [5, 5.41) is 10.0. The number of carbonyl (C=O) groups is 1. The van der Waals surface area contributed by atoms with Gasteiger partial charge in [0.1, 0.15) is 0 Å². The normalized spacial score (nSPS) is 23.5. The van der Waals surface area contributed by atoms with Crippen LogP contribution in [0.2, 0.25) is 0 Å². The van der Waals surface area contributed by atoms with Crippen LogP contribution in [-0.4, -0.2) is 35.1 Å². The number of nitrogens with zero attached hydrogens (tertiary/aromatic N) is 1. The van der Waals surface area contributed by atoms with E-state index >= 15 is 0 Å². The van der Waals surface area contributed by atoms with Gasteiger partial charge in [-0.25, -0.2) is 0 Å². The third-order valence-electron chi connectivity index (χ3n) is 3.93. The minimum Gasteiger partial charge on any atom is -0.391 e. The van der Waals surface area contributed by atoms with E-state index in [0.29, 0.717) is 5.56 Å². The molecular formula is C15H22N2O2. The first-order chi connectivity index (χ1) is 9.08. The van der Waals surface area contributed by atoms with Gasteiger partial charge in [-0.2, -0.15) is 0 Å². The highest BCUT2D eigenvalue weighted by Gasteiger charge is 2.26. The average Bonchev–Trinajstić information content (AvgIpc) is 2.39.